The van der Waals surface area contributed by atoms with Crippen LogP contribution in [0.15, 0.2) is 30.3 Å². The topological polar surface area (TPSA) is 61.0 Å². The van der Waals surface area contributed by atoms with E-state index in [2.05, 4.69) is 10.2 Å². The molecule has 3 rings (SSSR count). The molecule has 1 aliphatic rings. The van der Waals surface area contributed by atoms with E-state index in [0.717, 1.165) is 22.6 Å². The fourth-order valence-corrected chi connectivity index (χ4v) is 2.08. The fourth-order valence-electron chi connectivity index (χ4n) is 2.08. The molecule has 1 heterocycles. The van der Waals surface area contributed by atoms with Gasteiger partial charge in [0.15, 0.2) is 5.82 Å². The van der Waals surface area contributed by atoms with Gasteiger partial charge in [-0.1, -0.05) is 18.2 Å². The van der Waals surface area contributed by atoms with Crippen molar-refractivity contribution >= 4 is 5.82 Å². The number of nitrogens with zero attached hydrogens (tertiary/aromatic N) is 2. The van der Waals surface area contributed by atoms with Gasteiger partial charge < -0.3 is 10.5 Å². The molecule has 4 nitrogen and oxygen atoms in total. The number of hydrogen-bond donors (Lipinski definition) is 1. The van der Waals surface area contributed by atoms with Crippen molar-refractivity contribution in [3.05, 3.63) is 36.0 Å². The van der Waals surface area contributed by atoms with Crippen molar-refractivity contribution in [2.45, 2.75) is 18.8 Å². The molecule has 1 fully saturated rings. The summed E-state index contributed by atoms with van der Waals surface area (Å²) in [5.74, 6) is 1.81. The average molecular weight is 241 g/mol. The molecule has 0 spiro atoms. The van der Waals surface area contributed by atoms with Crippen LogP contribution in [-0.2, 0) is 0 Å². The SMILES string of the molecule is COc1ccccc1-c1cc(C2CC2)nnc1N. The van der Waals surface area contributed by atoms with Gasteiger partial charge in [0.2, 0.25) is 0 Å². The molecular formula is C14H15N3O. The number of para-hydroxylation sites is 1. The first-order valence-electron chi connectivity index (χ1n) is 6.06. The highest BCUT2D eigenvalue weighted by atomic mass is 16.5. The summed E-state index contributed by atoms with van der Waals surface area (Å²) in [6.45, 7) is 0. The van der Waals surface area contributed by atoms with Crippen LogP contribution >= 0.6 is 0 Å². The van der Waals surface area contributed by atoms with Crippen LogP contribution in [0.3, 0.4) is 0 Å². The first kappa shape index (κ1) is 11.0. The van der Waals surface area contributed by atoms with Gasteiger partial charge in [-0.3, -0.25) is 0 Å². The second-order valence-corrected chi connectivity index (χ2v) is 4.54. The predicted molar refractivity (Wildman–Crippen MR) is 70.4 cm³/mol. The van der Waals surface area contributed by atoms with Crippen LogP contribution in [0.1, 0.15) is 24.5 Å². The van der Waals surface area contributed by atoms with Gasteiger partial charge in [-0.15, -0.1) is 5.10 Å². The molecule has 0 amide bonds. The number of hydrogen-bond acceptors (Lipinski definition) is 4. The molecule has 0 radical (unpaired) electrons. The molecule has 1 saturated carbocycles. The lowest BCUT2D eigenvalue weighted by atomic mass is 10.0. The lowest BCUT2D eigenvalue weighted by Gasteiger charge is -2.10. The summed E-state index contributed by atoms with van der Waals surface area (Å²) in [6, 6.07) is 9.86. The van der Waals surface area contributed by atoms with Crippen molar-refractivity contribution < 1.29 is 4.74 Å². The molecule has 92 valence electrons. The summed E-state index contributed by atoms with van der Waals surface area (Å²) in [5, 5.41) is 8.23. The lowest BCUT2D eigenvalue weighted by molar-refractivity contribution is 0.416. The van der Waals surface area contributed by atoms with E-state index in [4.69, 9.17) is 10.5 Å². The molecule has 1 aromatic heterocycles. The lowest BCUT2D eigenvalue weighted by Crippen LogP contribution is -2.00. The summed E-state index contributed by atoms with van der Waals surface area (Å²) in [6.07, 6.45) is 2.40. The maximum absolute atomic E-state index is 5.94. The Labute approximate surface area is 106 Å². The first-order chi connectivity index (χ1) is 8.79. The van der Waals surface area contributed by atoms with Gasteiger partial charge >= 0.3 is 0 Å². The van der Waals surface area contributed by atoms with Crippen molar-refractivity contribution in [2.75, 3.05) is 12.8 Å². The largest absolute Gasteiger partial charge is 0.496 e. The minimum absolute atomic E-state index is 0.448. The summed E-state index contributed by atoms with van der Waals surface area (Å²) in [7, 11) is 1.66. The third-order valence-corrected chi connectivity index (χ3v) is 3.23. The number of rotatable bonds is 3. The molecule has 0 aliphatic heterocycles. The zero-order chi connectivity index (χ0) is 12.5. The molecule has 0 saturated heterocycles. The first-order valence-corrected chi connectivity index (χ1v) is 6.06. The number of nitrogen functional groups attached to an aromatic ring is 1. The van der Waals surface area contributed by atoms with Crippen molar-refractivity contribution in [2.24, 2.45) is 0 Å². The molecule has 1 aliphatic carbocycles. The van der Waals surface area contributed by atoms with Crippen LogP contribution in [0.25, 0.3) is 11.1 Å². The summed E-state index contributed by atoms with van der Waals surface area (Å²) < 4.78 is 5.37. The summed E-state index contributed by atoms with van der Waals surface area (Å²) >= 11 is 0. The average Bonchev–Trinajstić information content (AvgIpc) is 3.24. The molecule has 2 N–H and O–H groups in total. The standard InChI is InChI=1S/C14H15N3O/c1-18-13-5-3-2-4-10(13)11-8-12(9-6-7-9)16-17-14(11)15/h2-5,8-9H,6-7H2,1H3,(H2,15,17). The quantitative estimate of drug-likeness (QED) is 0.897. The van der Waals surface area contributed by atoms with Crippen LogP contribution in [-0.4, -0.2) is 17.3 Å². The van der Waals surface area contributed by atoms with Crippen molar-refractivity contribution in [3.8, 4) is 16.9 Å². The maximum Gasteiger partial charge on any atom is 0.154 e. The van der Waals surface area contributed by atoms with E-state index in [1.54, 1.807) is 7.11 Å². The number of anilines is 1. The maximum atomic E-state index is 5.94. The van der Waals surface area contributed by atoms with Crippen molar-refractivity contribution in [1.82, 2.24) is 10.2 Å². The van der Waals surface area contributed by atoms with E-state index in [0.29, 0.717) is 11.7 Å². The second kappa shape index (κ2) is 4.29. The Kier molecular flexibility index (Phi) is 2.63. The van der Waals surface area contributed by atoms with Crippen LogP contribution in [0, 0.1) is 0 Å². The monoisotopic (exact) mass is 241 g/mol. The van der Waals surface area contributed by atoms with Gasteiger partial charge in [0.1, 0.15) is 5.75 Å². The number of nitrogens with two attached hydrogens (primary N) is 1. The minimum atomic E-state index is 0.448. The molecule has 1 aromatic carbocycles. The molecule has 2 aromatic rings. The third-order valence-electron chi connectivity index (χ3n) is 3.23. The van der Waals surface area contributed by atoms with Crippen LogP contribution in [0.5, 0.6) is 5.75 Å². The van der Waals surface area contributed by atoms with Gasteiger partial charge in [-0.2, -0.15) is 5.10 Å². The van der Waals surface area contributed by atoms with Gasteiger partial charge in [-0.05, 0) is 25.0 Å². The van der Waals surface area contributed by atoms with Crippen LogP contribution in [0.4, 0.5) is 5.82 Å². The van der Waals surface area contributed by atoms with E-state index in [1.165, 1.54) is 12.8 Å². The van der Waals surface area contributed by atoms with Gasteiger partial charge in [0, 0.05) is 17.0 Å². The molecular weight excluding hydrogens is 226 g/mol. The number of ether oxygens (including phenoxy) is 1. The van der Waals surface area contributed by atoms with E-state index in [-0.39, 0.29) is 0 Å². The predicted octanol–water partition coefficient (Wildman–Crippen LogP) is 2.61. The number of methoxy groups -OCH3 is 1. The Hall–Kier alpha value is -2.10. The molecule has 0 atom stereocenters. The highest BCUT2D eigenvalue weighted by Gasteiger charge is 2.26. The molecule has 4 heteroatoms. The van der Waals surface area contributed by atoms with Gasteiger partial charge in [0.05, 0.1) is 12.8 Å². The van der Waals surface area contributed by atoms with E-state index in [1.807, 2.05) is 30.3 Å². The third kappa shape index (κ3) is 1.90. The van der Waals surface area contributed by atoms with Gasteiger partial charge in [-0.25, -0.2) is 0 Å². The number of benzene rings is 1. The Balaban J connectivity index is 2.12. The molecule has 0 bridgehead atoms. The molecule has 0 unspecified atom stereocenters. The normalized spacial score (nSPS) is 14.5. The smallest absolute Gasteiger partial charge is 0.154 e. The highest BCUT2D eigenvalue weighted by Crippen LogP contribution is 2.41. The zero-order valence-corrected chi connectivity index (χ0v) is 10.3. The highest BCUT2D eigenvalue weighted by molar-refractivity contribution is 5.78. The fraction of sp³-hybridized carbons (Fsp3) is 0.286. The van der Waals surface area contributed by atoms with E-state index in [9.17, 15) is 0 Å². The Bertz CT molecular complexity index is 579. The molecule has 18 heavy (non-hydrogen) atoms. The number of aromatic nitrogens is 2. The van der Waals surface area contributed by atoms with Gasteiger partial charge in [0.25, 0.3) is 0 Å². The minimum Gasteiger partial charge on any atom is -0.496 e. The van der Waals surface area contributed by atoms with Crippen molar-refractivity contribution in [3.63, 3.8) is 0 Å². The Morgan fingerprint density at radius 1 is 1.17 bits per heavy atom. The van der Waals surface area contributed by atoms with Crippen LogP contribution < -0.4 is 10.5 Å². The second-order valence-electron chi connectivity index (χ2n) is 4.54. The Morgan fingerprint density at radius 3 is 2.67 bits per heavy atom. The van der Waals surface area contributed by atoms with Crippen LogP contribution in [0.2, 0.25) is 0 Å². The van der Waals surface area contributed by atoms with E-state index >= 15 is 0 Å². The summed E-state index contributed by atoms with van der Waals surface area (Å²) in [4.78, 5) is 0. The van der Waals surface area contributed by atoms with E-state index < -0.39 is 0 Å². The zero-order valence-electron chi connectivity index (χ0n) is 10.3. The summed E-state index contributed by atoms with van der Waals surface area (Å²) in [5.41, 5.74) is 8.84. The Morgan fingerprint density at radius 2 is 1.94 bits per heavy atom. The van der Waals surface area contributed by atoms with Crippen molar-refractivity contribution in [1.29, 1.82) is 0 Å².